The molecule has 1 aromatic rings. The van der Waals surface area contributed by atoms with Crippen LogP contribution in [0.2, 0.25) is 0 Å². The Morgan fingerprint density at radius 2 is 2.05 bits per heavy atom. The Bertz CT molecular complexity index is 526. The fourth-order valence-electron chi connectivity index (χ4n) is 2.19. The standard InChI is InChI=1S/C14H20N2O2S/c1-12-14(8-5-10-15-12)16-19(17,18)11-9-13-6-3-2-4-7-13/h2-4,6-7,9,11-12,14-16H,5,8,10H2,1H3/b11-9+. The van der Waals surface area contributed by atoms with E-state index in [9.17, 15) is 8.42 Å². The molecule has 0 amide bonds. The first-order chi connectivity index (χ1) is 9.07. The molecule has 5 heteroatoms. The Morgan fingerprint density at radius 3 is 2.74 bits per heavy atom. The second kappa shape index (κ2) is 6.32. The summed E-state index contributed by atoms with van der Waals surface area (Å²) in [4.78, 5) is 0. The van der Waals surface area contributed by atoms with Crippen LogP contribution in [0.4, 0.5) is 0 Å². The first-order valence-corrected chi connectivity index (χ1v) is 8.10. The van der Waals surface area contributed by atoms with Crippen molar-refractivity contribution in [2.45, 2.75) is 31.8 Å². The van der Waals surface area contributed by atoms with E-state index in [1.165, 1.54) is 5.41 Å². The molecule has 19 heavy (non-hydrogen) atoms. The molecule has 1 aliphatic rings. The third-order valence-corrected chi connectivity index (χ3v) is 4.44. The van der Waals surface area contributed by atoms with E-state index in [0.29, 0.717) is 0 Å². The molecule has 2 rings (SSSR count). The molecule has 0 spiro atoms. The number of rotatable bonds is 4. The van der Waals surface area contributed by atoms with Gasteiger partial charge in [0.1, 0.15) is 0 Å². The number of nitrogens with one attached hydrogen (secondary N) is 2. The van der Waals surface area contributed by atoms with Crippen molar-refractivity contribution in [2.75, 3.05) is 6.54 Å². The second-order valence-electron chi connectivity index (χ2n) is 4.87. The summed E-state index contributed by atoms with van der Waals surface area (Å²) in [6.07, 6.45) is 3.50. The Kier molecular flexibility index (Phi) is 4.74. The fourth-order valence-corrected chi connectivity index (χ4v) is 3.35. The molecule has 104 valence electrons. The minimum absolute atomic E-state index is 0.0285. The van der Waals surface area contributed by atoms with Gasteiger partial charge in [-0.1, -0.05) is 30.3 Å². The van der Waals surface area contributed by atoms with Crippen molar-refractivity contribution in [1.29, 1.82) is 0 Å². The van der Waals surface area contributed by atoms with Crippen LogP contribution in [0.15, 0.2) is 35.7 Å². The minimum atomic E-state index is -3.38. The van der Waals surface area contributed by atoms with Gasteiger partial charge in [0.15, 0.2) is 0 Å². The van der Waals surface area contributed by atoms with Crippen molar-refractivity contribution in [1.82, 2.24) is 10.0 Å². The summed E-state index contributed by atoms with van der Waals surface area (Å²) in [5, 5.41) is 4.52. The van der Waals surface area contributed by atoms with Gasteiger partial charge in [-0.3, -0.25) is 0 Å². The molecule has 4 nitrogen and oxygen atoms in total. The van der Waals surface area contributed by atoms with Gasteiger partial charge in [-0.25, -0.2) is 13.1 Å². The number of sulfonamides is 1. The van der Waals surface area contributed by atoms with Gasteiger partial charge in [0.2, 0.25) is 10.0 Å². The van der Waals surface area contributed by atoms with Gasteiger partial charge in [0.25, 0.3) is 0 Å². The van der Waals surface area contributed by atoms with Crippen LogP contribution in [0.25, 0.3) is 6.08 Å². The Labute approximate surface area is 115 Å². The van der Waals surface area contributed by atoms with Crippen molar-refractivity contribution >= 4 is 16.1 Å². The zero-order valence-electron chi connectivity index (χ0n) is 11.0. The zero-order chi connectivity index (χ0) is 13.7. The fraction of sp³-hybridized carbons (Fsp3) is 0.429. The third-order valence-electron chi connectivity index (χ3n) is 3.32. The van der Waals surface area contributed by atoms with E-state index in [0.717, 1.165) is 24.9 Å². The average molecular weight is 280 g/mol. The maximum absolute atomic E-state index is 12.0. The molecule has 2 atom stereocenters. The molecule has 0 aromatic heterocycles. The lowest BCUT2D eigenvalue weighted by Gasteiger charge is -2.29. The predicted molar refractivity (Wildman–Crippen MR) is 78.0 cm³/mol. The minimum Gasteiger partial charge on any atom is -0.313 e. The van der Waals surface area contributed by atoms with Crippen LogP contribution in [-0.4, -0.2) is 27.0 Å². The highest BCUT2D eigenvalue weighted by Gasteiger charge is 2.24. The number of hydrogen-bond acceptors (Lipinski definition) is 3. The van der Waals surface area contributed by atoms with Crippen LogP contribution >= 0.6 is 0 Å². The van der Waals surface area contributed by atoms with Crippen molar-refractivity contribution in [3.63, 3.8) is 0 Å². The largest absolute Gasteiger partial charge is 0.313 e. The summed E-state index contributed by atoms with van der Waals surface area (Å²) < 4.78 is 26.7. The predicted octanol–water partition coefficient (Wildman–Crippen LogP) is 1.72. The molecule has 2 unspecified atom stereocenters. The number of benzene rings is 1. The zero-order valence-corrected chi connectivity index (χ0v) is 11.9. The van der Waals surface area contributed by atoms with Crippen LogP contribution in [0.5, 0.6) is 0 Å². The van der Waals surface area contributed by atoms with Gasteiger partial charge >= 0.3 is 0 Å². The van der Waals surface area contributed by atoms with E-state index >= 15 is 0 Å². The van der Waals surface area contributed by atoms with Gasteiger partial charge in [-0.2, -0.15) is 0 Å². The lowest BCUT2D eigenvalue weighted by Crippen LogP contribution is -2.51. The molecule has 0 radical (unpaired) electrons. The topological polar surface area (TPSA) is 58.2 Å². The maximum atomic E-state index is 12.0. The van der Waals surface area contributed by atoms with Crippen molar-refractivity contribution in [3.8, 4) is 0 Å². The van der Waals surface area contributed by atoms with Gasteiger partial charge in [-0.15, -0.1) is 0 Å². The maximum Gasteiger partial charge on any atom is 0.234 e. The van der Waals surface area contributed by atoms with E-state index in [1.807, 2.05) is 37.3 Å². The summed E-state index contributed by atoms with van der Waals surface area (Å²) in [6.45, 7) is 2.96. The molecule has 1 fully saturated rings. The highest BCUT2D eigenvalue weighted by atomic mass is 32.2. The molecule has 2 N–H and O–H groups in total. The number of hydrogen-bond donors (Lipinski definition) is 2. The summed E-state index contributed by atoms with van der Waals surface area (Å²) >= 11 is 0. The molecule has 1 aliphatic heterocycles. The van der Waals surface area contributed by atoms with Gasteiger partial charge in [0.05, 0.1) is 0 Å². The summed E-state index contributed by atoms with van der Waals surface area (Å²) in [7, 11) is -3.38. The van der Waals surface area contributed by atoms with Crippen LogP contribution < -0.4 is 10.0 Å². The van der Waals surface area contributed by atoms with Crippen LogP contribution in [-0.2, 0) is 10.0 Å². The molecule has 0 bridgehead atoms. The monoisotopic (exact) mass is 280 g/mol. The van der Waals surface area contributed by atoms with Gasteiger partial charge < -0.3 is 5.32 Å². The Morgan fingerprint density at radius 1 is 1.32 bits per heavy atom. The van der Waals surface area contributed by atoms with Gasteiger partial charge in [-0.05, 0) is 37.9 Å². The van der Waals surface area contributed by atoms with Crippen LogP contribution in [0.1, 0.15) is 25.3 Å². The molecule has 1 heterocycles. The summed E-state index contributed by atoms with van der Waals surface area (Å²) in [5.41, 5.74) is 0.877. The Balaban J connectivity index is 2.00. The van der Waals surface area contributed by atoms with E-state index in [4.69, 9.17) is 0 Å². The lowest BCUT2D eigenvalue weighted by molar-refractivity contribution is 0.349. The van der Waals surface area contributed by atoms with Crippen LogP contribution in [0, 0.1) is 0 Å². The highest BCUT2D eigenvalue weighted by molar-refractivity contribution is 7.92. The smallest absolute Gasteiger partial charge is 0.234 e. The number of piperidine rings is 1. The summed E-state index contributed by atoms with van der Waals surface area (Å²) in [5.74, 6) is 0. The first-order valence-electron chi connectivity index (χ1n) is 6.56. The van der Waals surface area contributed by atoms with E-state index in [-0.39, 0.29) is 12.1 Å². The Hall–Kier alpha value is -1.17. The molecule has 1 saturated heterocycles. The molecular weight excluding hydrogens is 260 g/mol. The van der Waals surface area contributed by atoms with Crippen molar-refractivity contribution in [2.24, 2.45) is 0 Å². The molecular formula is C14H20N2O2S. The first kappa shape index (κ1) is 14.2. The average Bonchev–Trinajstić information content (AvgIpc) is 2.40. The van der Waals surface area contributed by atoms with E-state index in [1.54, 1.807) is 6.08 Å². The van der Waals surface area contributed by atoms with Gasteiger partial charge in [0, 0.05) is 17.5 Å². The molecule has 0 saturated carbocycles. The van der Waals surface area contributed by atoms with Crippen LogP contribution in [0.3, 0.4) is 0 Å². The lowest BCUT2D eigenvalue weighted by atomic mass is 10.0. The highest BCUT2D eigenvalue weighted by Crippen LogP contribution is 2.10. The molecule has 0 aliphatic carbocycles. The SMILES string of the molecule is CC1NCCCC1NS(=O)(=O)/C=C/c1ccccc1. The van der Waals surface area contributed by atoms with Crippen molar-refractivity contribution < 1.29 is 8.42 Å². The normalized spacial score (nSPS) is 24.7. The third kappa shape index (κ3) is 4.45. The quantitative estimate of drug-likeness (QED) is 0.883. The summed E-state index contributed by atoms with van der Waals surface area (Å²) in [6, 6.07) is 9.56. The second-order valence-corrected chi connectivity index (χ2v) is 6.47. The molecule has 1 aromatic carbocycles. The van der Waals surface area contributed by atoms with E-state index in [2.05, 4.69) is 10.0 Å². The van der Waals surface area contributed by atoms with E-state index < -0.39 is 10.0 Å². The van der Waals surface area contributed by atoms with Crippen molar-refractivity contribution in [3.05, 3.63) is 41.3 Å².